The van der Waals surface area contributed by atoms with Crippen molar-refractivity contribution < 1.29 is 4.74 Å². The molecule has 2 rings (SSSR count). The van der Waals surface area contributed by atoms with Crippen LogP contribution in [0.5, 0.6) is 5.88 Å². The Hall–Kier alpha value is -2.14. The number of likely N-dealkylation sites (N-methyl/N-ethyl adjacent to an activating group) is 1. The van der Waals surface area contributed by atoms with E-state index in [4.69, 9.17) is 4.74 Å². The second kappa shape index (κ2) is 6.54. The van der Waals surface area contributed by atoms with Crippen LogP contribution in [-0.2, 0) is 6.54 Å². The first-order valence-corrected chi connectivity index (χ1v) is 6.91. The summed E-state index contributed by atoms with van der Waals surface area (Å²) in [6.45, 7) is 4.59. The van der Waals surface area contributed by atoms with Crippen molar-refractivity contribution in [1.29, 1.82) is 0 Å². The van der Waals surface area contributed by atoms with E-state index in [1.54, 1.807) is 6.07 Å². The van der Waals surface area contributed by atoms with Crippen LogP contribution >= 0.6 is 0 Å². The van der Waals surface area contributed by atoms with Gasteiger partial charge in [-0.3, -0.25) is 4.79 Å². The van der Waals surface area contributed by atoms with Crippen molar-refractivity contribution in [2.24, 2.45) is 0 Å². The summed E-state index contributed by atoms with van der Waals surface area (Å²) in [4.78, 5) is 11.9. The number of hydrogen-bond donors (Lipinski definition) is 1. The van der Waals surface area contributed by atoms with Crippen molar-refractivity contribution in [3.05, 3.63) is 57.4 Å². The molecule has 0 aliphatic heterocycles. The Balaban J connectivity index is 2.33. The first-order valence-electron chi connectivity index (χ1n) is 6.91. The van der Waals surface area contributed by atoms with Crippen LogP contribution in [0, 0.1) is 13.8 Å². The van der Waals surface area contributed by atoms with Crippen molar-refractivity contribution in [1.82, 2.24) is 15.1 Å². The predicted octanol–water partition coefficient (Wildman–Crippen LogP) is 1.83. The molecule has 112 valence electrons. The molecule has 5 heteroatoms. The summed E-state index contributed by atoms with van der Waals surface area (Å²) in [7, 11) is 3.42. The molecule has 1 unspecified atom stereocenters. The molecule has 1 aromatic heterocycles. The van der Waals surface area contributed by atoms with E-state index in [0.29, 0.717) is 12.4 Å². The van der Waals surface area contributed by atoms with Crippen molar-refractivity contribution in [3.63, 3.8) is 0 Å². The first kappa shape index (κ1) is 15.3. The van der Waals surface area contributed by atoms with Gasteiger partial charge in [0.05, 0.1) is 19.7 Å². The summed E-state index contributed by atoms with van der Waals surface area (Å²) < 4.78 is 6.51. The lowest BCUT2D eigenvalue weighted by molar-refractivity contribution is 0.364. The second-order valence-corrected chi connectivity index (χ2v) is 5.16. The SMILES string of the molecule is CNC(Cn1nc(OC)ccc1=O)c1cc(C)cc(C)c1. The van der Waals surface area contributed by atoms with Gasteiger partial charge in [-0.15, -0.1) is 5.10 Å². The average Bonchev–Trinajstić information content (AvgIpc) is 2.45. The molecule has 1 atom stereocenters. The number of rotatable bonds is 5. The van der Waals surface area contributed by atoms with Gasteiger partial charge in [-0.2, -0.15) is 0 Å². The van der Waals surface area contributed by atoms with Crippen LogP contribution in [-0.4, -0.2) is 23.9 Å². The Bertz CT molecular complexity index is 659. The van der Waals surface area contributed by atoms with Crippen LogP contribution in [0.25, 0.3) is 0 Å². The van der Waals surface area contributed by atoms with Crippen molar-refractivity contribution >= 4 is 0 Å². The fraction of sp³-hybridized carbons (Fsp3) is 0.375. The van der Waals surface area contributed by atoms with Crippen LogP contribution in [0.15, 0.2) is 35.1 Å². The quantitative estimate of drug-likeness (QED) is 0.911. The monoisotopic (exact) mass is 287 g/mol. The number of ether oxygens (including phenoxy) is 1. The maximum absolute atomic E-state index is 11.9. The summed E-state index contributed by atoms with van der Waals surface area (Å²) in [5.74, 6) is 0.435. The molecule has 0 fully saturated rings. The number of hydrogen-bond acceptors (Lipinski definition) is 4. The predicted molar refractivity (Wildman–Crippen MR) is 82.8 cm³/mol. The molecule has 0 saturated heterocycles. The minimum absolute atomic E-state index is 0.0147. The molecule has 0 radical (unpaired) electrons. The number of aryl methyl sites for hydroxylation is 2. The normalized spacial score (nSPS) is 12.2. The summed E-state index contributed by atoms with van der Waals surface area (Å²) in [5.41, 5.74) is 3.42. The molecular weight excluding hydrogens is 266 g/mol. The second-order valence-electron chi connectivity index (χ2n) is 5.16. The Morgan fingerprint density at radius 2 is 1.90 bits per heavy atom. The van der Waals surface area contributed by atoms with Gasteiger partial charge in [0.2, 0.25) is 5.88 Å². The van der Waals surface area contributed by atoms with E-state index >= 15 is 0 Å². The molecule has 0 amide bonds. The molecule has 5 nitrogen and oxygen atoms in total. The summed E-state index contributed by atoms with van der Waals surface area (Å²) >= 11 is 0. The largest absolute Gasteiger partial charge is 0.480 e. The minimum atomic E-state index is -0.138. The van der Waals surface area contributed by atoms with E-state index in [-0.39, 0.29) is 11.6 Å². The molecule has 0 aliphatic rings. The van der Waals surface area contributed by atoms with Gasteiger partial charge in [-0.25, -0.2) is 4.68 Å². The van der Waals surface area contributed by atoms with E-state index in [0.717, 1.165) is 5.56 Å². The van der Waals surface area contributed by atoms with Gasteiger partial charge >= 0.3 is 0 Å². The standard InChI is InChI=1S/C16H21N3O2/c1-11-7-12(2)9-13(8-11)14(17-3)10-19-16(20)6-5-15(18-19)21-4/h5-9,14,17H,10H2,1-4H3. The van der Waals surface area contributed by atoms with E-state index < -0.39 is 0 Å². The maximum atomic E-state index is 11.9. The third-order valence-corrected chi connectivity index (χ3v) is 3.40. The highest BCUT2D eigenvalue weighted by Crippen LogP contribution is 2.18. The van der Waals surface area contributed by atoms with Gasteiger partial charge in [0.15, 0.2) is 0 Å². The highest BCUT2D eigenvalue weighted by atomic mass is 16.5. The zero-order valence-electron chi connectivity index (χ0n) is 12.9. The molecule has 1 heterocycles. The highest BCUT2D eigenvalue weighted by Gasteiger charge is 2.13. The van der Waals surface area contributed by atoms with Gasteiger partial charge in [-0.1, -0.05) is 29.3 Å². The summed E-state index contributed by atoms with van der Waals surface area (Å²) in [6, 6.07) is 9.44. The van der Waals surface area contributed by atoms with Crippen LogP contribution in [0.2, 0.25) is 0 Å². The Labute approximate surface area is 124 Å². The summed E-state index contributed by atoms with van der Waals surface area (Å²) in [6.07, 6.45) is 0. The van der Waals surface area contributed by atoms with Crippen LogP contribution in [0.1, 0.15) is 22.7 Å². The molecule has 0 spiro atoms. The molecule has 0 bridgehead atoms. The maximum Gasteiger partial charge on any atom is 0.267 e. The average molecular weight is 287 g/mol. The topological polar surface area (TPSA) is 56.1 Å². The zero-order valence-corrected chi connectivity index (χ0v) is 12.9. The number of aromatic nitrogens is 2. The molecule has 0 saturated carbocycles. The van der Waals surface area contributed by atoms with Crippen LogP contribution in [0.4, 0.5) is 0 Å². The Kier molecular flexibility index (Phi) is 4.75. The number of nitrogens with one attached hydrogen (secondary N) is 1. The smallest absolute Gasteiger partial charge is 0.267 e. The molecule has 2 aromatic rings. The lowest BCUT2D eigenvalue weighted by atomic mass is 10.0. The van der Waals surface area contributed by atoms with E-state index in [1.165, 1.54) is 29.0 Å². The van der Waals surface area contributed by atoms with Crippen LogP contribution < -0.4 is 15.6 Å². The van der Waals surface area contributed by atoms with Crippen molar-refractivity contribution in [3.8, 4) is 5.88 Å². The molecular formula is C16H21N3O2. The number of nitrogens with zero attached hydrogens (tertiary/aromatic N) is 2. The Morgan fingerprint density at radius 1 is 1.24 bits per heavy atom. The van der Waals surface area contributed by atoms with E-state index in [2.05, 4.69) is 42.5 Å². The third-order valence-electron chi connectivity index (χ3n) is 3.40. The molecule has 1 aromatic carbocycles. The Morgan fingerprint density at radius 3 is 2.48 bits per heavy atom. The molecule has 21 heavy (non-hydrogen) atoms. The van der Waals surface area contributed by atoms with Gasteiger partial charge in [0.1, 0.15) is 0 Å². The van der Waals surface area contributed by atoms with E-state index in [9.17, 15) is 4.79 Å². The lowest BCUT2D eigenvalue weighted by Gasteiger charge is -2.18. The molecule has 0 aliphatic carbocycles. The fourth-order valence-corrected chi connectivity index (χ4v) is 2.42. The van der Waals surface area contributed by atoms with Crippen LogP contribution in [0.3, 0.4) is 0 Å². The van der Waals surface area contributed by atoms with Crippen molar-refractivity contribution in [2.45, 2.75) is 26.4 Å². The fourth-order valence-electron chi connectivity index (χ4n) is 2.42. The van der Waals surface area contributed by atoms with Crippen molar-refractivity contribution in [2.75, 3.05) is 14.2 Å². The zero-order chi connectivity index (χ0) is 15.4. The van der Waals surface area contributed by atoms with E-state index in [1.807, 2.05) is 7.05 Å². The molecule has 1 N–H and O–H groups in total. The number of benzene rings is 1. The summed E-state index contributed by atoms with van der Waals surface area (Å²) in [5, 5.41) is 7.44. The van der Waals surface area contributed by atoms with Gasteiger partial charge in [0.25, 0.3) is 5.56 Å². The first-order chi connectivity index (χ1) is 10.0. The number of methoxy groups -OCH3 is 1. The lowest BCUT2D eigenvalue weighted by Crippen LogP contribution is -2.30. The van der Waals surface area contributed by atoms with Gasteiger partial charge < -0.3 is 10.1 Å². The van der Waals surface area contributed by atoms with Gasteiger partial charge in [-0.05, 0) is 26.5 Å². The minimum Gasteiger partial charge on any atom is -0.480 e. The highest BCUT2D eigenvalue weighted by molar-refractivity contribution is 5.30. The third kappa shape index (κ3) is 3.70. The van der Waals surface area contributed by atoms with Gasteiger partial charge in [0, 0.05) is 12.1 Å².